The number of hydrogen-bond donors (Lipinski definition) is 1. The van der Waals surface area contributed by atoms with E-state index in [1.807, 2.05) is 38.2 Å². The lowest BCUT2D eigenvalue weighted by molar-refractivity contribution is 0.983. The van der Waals surface area contributed by atoms with E-state index in [9.17, 15) is 0 Å². The predicted octanol–water partition coefficient (Wildman–Crippen LogP) is 4.13. The Balaban J connectivity index is 2.28. The van der Waals surface area contributed by atoms with Crippen LogP contribution in [0.2, 0.25) is 0 Å². The average Bonchev–Trinajstić information content (AvgIpc) is 2.36. The van der Waals surface area contributed by atoms with Gasteiger partial charge in [-0.05, 0) is 41.9 Å². The number of halogens is 1. The molecule has 0 aliphatic carbocycles. The fourth-order valence-electron chi connectivity index (χ4n) is 1.40. The van der Waals surface area contributed by atoms with Crippen molar-refractivity contribution in [1.29, 1.82) is 0 Å². The van der Waals surface area contributed by atoms with E-state index in [4.69, 9.17) is 0 Å². The van der Waals surface area contributed by atoms with E-state index in [2.05, 4.69) is 37.3 Å². The molecule has 1 heterocycles. The summed E-state index contributed by atoms with van der Waals surface area (Å²) in [6.45, 7) is 4.88. The van der Waals surface area contributed by atoms with Gasteiger partial charge in [-0.3, -0.25) is 0 Å². The molecule has 1 aromatic carbocycles. The fourth-order valence-corrected chi connectivity index (χ4v) is 2.80. The van der Waals surface area contributed by atoms with E-state index in [0.717, 1.165) is 26.5 Å². The van der Waals surface area contributed by atoms with Crippen molar-refractivity contribution >= 4 is 33.6 Å². The lowest BCUT2D eigenvalue weighted by Gasteiger charge is -2.08. The first-order valence-corrected chi connectivity index (χ1v) is 7.31. The van der Waals surface area contributed by atoms with Gasteiger partial charge in [0.2, 0.25) is 5.95 Å². The van der Waals surface area contributed by atoms with Gasteiger partial charge in [0.25, 0.3) is 0 Å². The minimum atomic E-state index is 0.678. The Hall–Kier alpha value is -1.07. The molecule has 0 saturated heterocycles. The summed E-state index contributed by atoms with van der Waals surface area (Å²) in [5.41, 5.74) is 1.08. The monoisotopic (exact) mass is 323 g/mol. The zero-order valence-corrected chi connectivity index (χ0v) is 12.7. The molecule has 0 radical (unpaired) electrons. The lowest BCUT2D eigenvalue weighted by Crippen LogP contribution is -2.03. The van der Waals surface area contributed by atoms with Gasteiger partial charge >= 0.3 is 0 Å². The molecule has 0 atom stereocenters. The molecule has 18 heavy (non-hydrogen) atoms. The van der Waals surface area contributed by atoms with Crippen molar-refractivity contribution in [3.63, 3.8) is 0 Å². The highest BCUT2D eigenvalue weighted by Crippen LogP contribution is 2.33. The van der Waals surface area contributed by atoms with Crippen LogP contribution in [-0.4, -0.2) is 16.5 Å². The summed E-state index contributed by atoms with van der Waals surface area (Å²) in [5, 5.41) is 4.11. The highest BCUT2D eigenvalue weighted by atomic mass is 79.9. The van der Waals surface area contributed by atoms with Gasteiger partial charge in [0.15, 0.2) is 0 Å². The Kier molecular flexibility index (Phi) is 4.60. The molecule has 0 saturated carbocycles. The summed E-state index contributed by atoms with van der Waals surface area (Å²) >= 11 is 5.19. The van der Waals surface area contributed by atoms with Crippen LogP contribution in [0, 0.1) is 6.92 Å². The number of nitrogens with one attached hydrogen (secondary N) is 1. The number of nitrogens with zero attached hydrogens (tertiary/aromatic N) is 2. The highest BCUT2D eigenvalue weighted by Gasteiger charge is 2.07. The van der Waals surface area contributed by atoms with Crippen molar-refractivity contribution in [2.45, 2.75) is 23.8 Å². The second-order valence-electron chi connectivity index (χ2n) is 3.74. The summed E-state index contributed by atoms with van der Waals surface area (Å²) in [6.07, 6.45) is 1.85. The summed E-state index contributed by atoms with van der Waals surface area (Å²) in [4.78, 5) is 9.92. The van der Waals surface area contributed by atoms with Gasteiger partial charge in [-0.2, -0.15) is 0 Å². The summed E-state index contributed by atoms with van der Waals surface area (Å²) in [5.74, 6) is 0.678. The Morgan fingerprint density at radius 1 is 1.33 bits per heavy atom. The first-order chi connectivity index (χ1) is 8.70. The third-order valence-electron chi connectivity index (χ3n) is 2.30. The summed E-state index contributed by atoms with van der Waals surface area (Å²) < 4.78 is 1.08. The normalized spacial score (nSPS) is 10.4. The van der Waals surface area contributed by atoms with Crippen molar-refractivity contribution < 1.29 is 0 Å². The van der Waals surface area contributed by atoms with E-state index in [0.29, 0.717) is 5.95 Å². The van der Waals surface area contributed by atoms with Crippen LogP contribution in [0.4, 0.5) is 5.95 Å². The SMILES string of the molecule is CCNc1ncc(C)c(Sc2ccccc2Br)n1. The van der Waals surface area contributed by atoms with Gasteiger partial charge in [0.05, 0.1) is 0 Å². The second-order valence-corrected chi connectivity index (χ2v) is 5.63. The van der Waals surface area contributed by atoms with E-state index < -0.39 is 0 Å². The van der Waals surface area contributed by atoms with Gasteiger partial charge in [-0.1, -0.05) is 23.9 Å². The number of benzene rings is 1. The number of anilines is 1. The molecule has 0 aliphatic rings. The molecule has 0 aliphatic heterocycles. The molecule has 94 valence electrons. The molecule has 1 N–H and O–H groups in total. The second kappa shape index (κ2) is 6.20. The van der Waals surface area contributed by atoms with E-state index >= 15 is 0 Å². The van der Waals surface area contributed by atoms with Crippen LogP contribution in [0.15, 0.2) is 44.9 Å². The summed E-state index contributed by atoms with van der Waals surface area (Å²) in [6, 6.07) is 8.13. The van der Waals surface area contributed by atoms with Crippen molar-refractivity contribution in [1.82, 2.24) is 9.97 Å². The first kappa shape index (κ1) is 13.4. The van der Waals surface area contributed by atoms with Gasteiger partial charge < -0.3 is 5.32 Å². The Morgan fingerprint density at radius 3 is 2.83 bits per heavy atom. The van der Waals surface area contributed by atoms with Crippen molar-refractivity contribution in [3.8, 4) is 0 Å². The molecule has 2 rings (SSSR count). The molecule has 5 heteroatoms. The molecule has 0 amide bonds. The standard InChI is InChI=1S/C13H14BrN3S/c1-3-15-13-16-8-9(2)12(17-13)18-11-7-5-4-6-10(11)14/h4-8H,3H2,1-2H3,(H,15,16,17). The zero-order valence-electron chi connectivity index (χ0n) is 10.3. The third kappa shape index (κ3) is 3.23. The van der Waals surface area contributed by atoms with Crippen LogP contribution in [0.25, 0.3) is 0 Å². The van der Waals surface area contributed by atoms with Crippen LogP contribution in [0.3, 0.4) is 0 Å². The topological polar surface area (TPSA) is 37.8 Å². The van der Waals surface area contributed by atoms with Crippen LogP contribution in [0.5, 0.6) is 0 Å². The maximum Gasteiger partial charge on any atom is 0.223 e. The Bertz CT molecular complexity index is 546. The molecular weight excluding hydrogens is 310 g/mol. The molecule has 1 aromatic heterocycles. The van der Waals surface area contributed by atoms with Gasteiger partial charge in [-0.25, -0.2) is 9.97 Å². The van der Waals surface area contributed by atoms with Crippen LogP contribution in [-0.2, 0) is 0 Å². The van der Waals surface area contributed by atoms with Crippen LogP contribution >= 0.6 is 27.7 Å². The molecule has 3 nitrogen and oxygen atoms in total. The van der Waals surface area contributed by atoms with E-state index in [1.54, 1.807) is 11.8 Å². The van der Waals surface area contributed by atoms with Crippen molar-refractivity contribution in [3.05, 3.63) is 40.5 Å². The lowest BCUT2D eigenvalue weighted by atomic mass is 10.4. The molecule has 0 fully saturated rings. The molecule has 0 unspecified atom stereocenters. The number of hydrogen-bond acceptors (Lipinski definition) is 4. The van der Waals surface area contributed by atoms with E-state index in [-0.39, 0.29) is 0 Å². The molecule has 0 spiro atoms. The Labute approximate surface area is 120 Å². The minimum Gasteiger partial charge on any atom is -0.354 e. The first-order valence-electron chi connectivity index (χ1n) is 5.70. The number of rotatable bonds is 4. The largest absolute Gasteiger partial charge is 0.354 e. The van der Waals surface area contributed by atoms with Crippen LogP contribution < -0.4 is 5.32 Å². The van der Waals surface area contributed by atoms with Crippen molar-refractivity contribution in [2.24, 2.45) is 0 Å². The maximum absolute atomic E-state index is 4.52. The number of aryl methyl sites for hydroxylation is 1. The summed E-state index contributed by atoms with van der Waals surface area (Å²) in [7, 11) is 0. The molecule has 0 bridgehead atoms. The third-order valence-corrected chi connectivity index (χ3v) is 4.44. The van der Waals surface area contributed by atoms with E-state index in [1.165, 1.54) is 0 Å². The van der Waals surface area contributed by atoms with Gasteiger partial charge in [0, 0.05) is 27.7 Å². The molecular formula is C13H14BrN3S. The highest BCUT2D eigenvalue weighted by molar-refractivity contribution is 9.10. The van der Waals surface area contributed by atoms with Crippen molar-refractivity contribution in [2.75, 3.05) is 11.9 Å². The van der Waals surface area contributed by atoms with Gasteiger partial charge in [0.1, 0.15) is 5.03 Å². The quantitative estimate of drug-likeness (QED) is 0.858. The van der Waals surface area contributed by atoms with Crippen LogP contribution in [0.1, 0.15) is 12.5 Å². The minimum absolute atomic E-state index is 0.678. The fraction of sp³-hybridized carbons (Fsp3) is 0.231. The Morgan fingerprint density at radius 2 is 2.11 bits per heavy atom. The zero-order chi connectivity index (χ0) is 13.0. The predicted molar refractivity (Wildman–Crippen MR) is 79.2 cm³/mol. The van der Waals surface area contributed by atoms with Gasteiger partial charge in [-0.15, -0.1) is 0 Å². The number of aromatic nitrogens is 2. The average molecular weight is 324 g/mol. The maximum atomic E-state index is 4.52. The smallest absolute Gasteiger partial charge is 0.223 e. The molecule has 2 aromatic rings.